The summed E-state index contributed by atoms with van der Waals surface area (Å²) in [5, 5.41) is 9.00. The van der Waals surface area contributed by atoms with Crippen molar-refractivity contribution in [3.63, 3.8) is 0 Å². The molecule has 29 heavy (non-hydrogen) atoms. The van der Waals surface area contributed by atoms with Gasteiger partial charge in [0.05, 0.1) is 50.5 Å². The molecule has 1 atom stereocenters. The van der Waals surface area contributed by atoms with Crippen molar-refractivity contribution in [2.45, 2.75) is 19.4 Å². The number of hydrogen-bond donors (Lipinski definition) is 0. The lowest BCUT2D eigenvalue weighted by atomic mass is 9.99. The molecule has 1 aliphatic heterocycles. The van der Waals surface area contributed by atoms with E-state index >= 15 is 0 Å². The van der Waals surface area contributed by atoms with Gasteiger partial charge in [0.1, 0.15) is 0 Å². The van der Waals surface area contributed by atoms with Crippen LogP contribution in [-0.4, -0.2) is 54.8 Å². The maximum absolute atomic E-state index is 11.5. The summed E-state index contributed by atoms with van der Waals surface area (Å²) < 4.78 is 15.9. The van der Waals surface area contributed by atoms with Crippen molar-refractivity contribution in [2.75, 3.05) is 33.9 Å². The minimum atomic E-state index is -0.488. The van der Waals surface area contributed by atoms with Gasteiger partial charge in [-0.1, -0.05) is 0 Å². The third kappa shape index (κ3) is 5.42. The molecule has 1 aromatic carbocycles. The summed E-state index contributed by atoms with van der Waals surface area (Å²) in [6, 6.07) is 7.28. The van der Waals surface area contributed by atoms with Crippen LogP contribution >= 0.6 is 0 Å². The van der Waals surface area contributed by atoms with Crippen molar-refractivity contribution in [3.8, 4) is 17.6 Å². The van der Waals surface area contributed by atoms with Gasteiger partial charge in [0.15, 0.2) is 17.2 Å². The fraction of sp³-hybridized carbons (Fsp3) is 0.429. The number of benzene rings is 1. The summed E-state index contributed by atoms with van der Waals surface area (Å²) in [6.45, 7) is 3.12. The van der Waals surface area contributed by atoms with E-state index < -0.39 is 5.97 Å². The first-order valence-electron chi connectivity index (χ1n) is 9.45. The lowest BCUT2D eigenvalue weighted by Crippen LogP contribution is -2.37. The Labute approximate surface area is 170 Å². The summed E-state index contributed by atoms with van der Waals surface area (Å²) in [5.41, 5.74) is 1.56. The lowest BCUT2D eigenvalue weighted by Gasteiger charge is -2.32. The molecule has 0 spiro atoms. The van der Waals surface area contributed by atoms with Crippen LogP contribution in [0.1, 0.15) is 34.6 Å². The molecule has 0 N–H and O–H groups in total. The molecule has 0 bridgehead atoms. The van der Waals surface area contributed by atoms with Gasteiger partial charge >= 0.3 is 5.97 Å². The molecule has 1 aromatic heterocycles. The van der Waals surface area contributed by atoms with Crippen molar-refractivity contribution >= 4 is 5.97 Å². The van der Waals surface area contributed by atoms with Gasteiger partial charge in [0.2, 0.25) is 0 Å². The molecule has 152 valence electrons. The number of methoxy groups -OCH3 is 2. The number of ether oxygens (including phenoxy) is 3. The molecule has 0 radical (unpaired) electrons. The van der Waals surface area contributed by atoms with Crippen molar-refractivity contribution in [1.29, 1.82) is 5.26 Å². The van der Waals surface area contributed by atoms with E-state index in [-0.39, 0.29) is 5.69 Å². The second-order valence-corrected chi connectivity index (χ2v) is 6.92. The average Bonchev–Trinajstić information content (AvgIpc) is 2.77. The molecular weight excluding hydrogens is 372 g/mol. The highest BCUT2D eigenvalue weighted by Gasteiger charge is 2.22. The minimum Gasteiger partial charge on any atom is -0.493 e. The van der Waals surface area contributed by atoms with Gasteiger partial charge in [0, 0.05) is 25.1 Å². The molecule has 2 heterocycles. The van der Waals surface area contributed by atoms with Gasteiger partial charge in [-0.3, -0.25) is 9.88 Å². The molecule has 0 aliphatic carbocycles. The van der Waals surface area contributed by atoms with Crippen LogP contribution in [0.2, 0.25) is 0 Å². The topological polar surface area (TPSA) is 97.6 Å². The van der Waals surface area contributed by atoms with E-state index in [9.17, 15) is 4.79 Å². The number of nitrogens with zero attached hydrogens (tertiary/aromatic N) is 4. The van der Waals surface area contributed by atoms with E-state index in [2.05, 4.69) is 25.7 Å². The lowest BCUT2D eigenvalue weighted by molar-refractivity contribution is 0.0593. The van der Waals surface area contributed by atoms with Crippen LogP contribution in [0.5, 0.6) is 11.5 Å². The number of piperidine rings is 1. The highest BCUT2D eigenvalue weighted by Crippen LogP contribution is 2.29. The summed E-state index contributed by atoms with van der Waals surface area (Å²) in [7, 11) is 2.89. The third-order valence-corrected chi connectivity index (χ3v) is 4.86. The first-order valence-corrected chi connectivity index (χ1v) is 9.45. The molecule has 1 fully saturated rings. The number of carbonyl (C=O) groups excluding carboxylic acids is 1. The van der Waals surface area contributed by atoms with Crippen LogP contribution in [0.4, 0.5) is 0 Å². The van der Waals surface area contributed by atoms with E-state index in [1.165, 1.54) is 13.3 Å². The molecule has 0 saturated carbocycles. The third-order valence-electron chi connectivity index (χ3n) is 4.86. The Balaban J connectivity index is 1.54. The van der Waals surface area contributed by atoms with Crippen LogP contribution < -0.4 is 9.47 Å². The molecule has 1 aliphatic rings. The zero-order valence-electron chi connectivity index (χ0n) is 16.6. The Bertz CT molecular complexity index is 879. The Morgan fingerprint density at radius 1 is 1.28 bits per heavy atom. The van der Waals surface area contributed by atoms with Gasteiger partial charge in [-0.2, -0.15) is 5.26 Å². The minimum absolute atomic E-state index is 0.206. The van der Waals surface area contributed by atoms with Crippen molar-refractivity contribution in [2.24, 2.45) is 5.92 Å². The fourth-order valence-electron chi connectivity index (χ4n) is 3.37. The van der Waals surface area contributed by atoms with Gasteiger partial charge in [0.25, 0.3) is 0 Å². The number of likely N-dealkylation sites (tertiary alicyclic amines) is 1. The zero-order chi connectivity index (χ0) is 20.6. The highest BCUT2D eigenvalue weighted by molar-refractivity contribution is 5.86. The predicted molar refractivity (Wildman–Crippen MR) is 105 cm³/mol. The Hall–Kier alpha value is -3.18. The van der Waals surface area contributed by atoms with E-state index in [1.807, 2.05) is 0 Å². The normalized spacial score (nSPS) is 16.7. The number of aromatic nitrogens is 2. The first-order chi connectivity index (χ1) is 14.1. The van der Waals surface area contributed by atoms with Crippen LogP contribution in [-0.2, 0) is 11.3 Å². The number of carbonyl (C=O) groups is 1. The summed E-state index contributed by atoms with van der Waals surface area (Å²) in [5.74, 6) is 1.11. The number of hydrogen-bond acceptors (Lipinski definition) is 8. The molecule has 1 saturated heterocycles. The Morgan fingerprint density at radius 3 is 2.83 bits per heavy atom. The number of nitriles is 1. The molecule has 3 rings (SSSR count). The zero-order valence-corrected chi connectivity index (χ0v) is 16.6. The fourth-order valence-corrected chi connectivity index (χ4v) is 3.37. The average molecular weight is 396 g/mol. The number of rotatable bonds is 7. The van der Waals surface area contributed by atoms with Gasteiger partial charge in [-0.15, -0.1) is 0 Å². The molecule has 1 unspecified atom stereocenters. The van der Waals surface area contributed by atoms with E-state index in [1.54, 1.807) is 31.5 Å². The highest BCUT2D eigenvalue weighted by atomic mass is 16.5. The smallest absolute Gasteiger partial charge is 0.358 e. The molecule has 2 aromatic rings. The van der Waals surface area contributed by atoms with Gasteiger partial charge in [-0.25, -0.2) is 9.78 Å². The van der Waals surface area contributed by atoms with Gasteiger partial charge in [-0.05, 0) is 31.5 Å². The Kier molecular flexibility index (Phi) is 6.98. The van der Waals surface area contributed by atoms with E-state index in [4.69, 9.17) is 14.7 Å². The van der Waals surface area contributed by atoms with E-state index in [0.717, 1.165) is 31.6 Å². The van der Waals surface area contributed by atoms with Crippen LogP contribution in [0.25, 0.3) is 0 Å². The summed E-state index contributed by atoms with van der Waals surface area (Å²) in [4.78, 5) is 22.2. The molecule has 0 amide bonds. The second-order valence-electron chi connectivity index (χ2n) is 6.92. The van der Waals surface area contributed by atoms with Crippen molar-refractivity contribution in [3.05, 3.63) is 47.5 Å². The van der Waals surface area contributed by atoms with Crippen molar-refractivity contribution < 1.29 is 19.0 Å². The monoisotopic (exact) mass is 396 g/mol. The van der Waals surface area contributed by atoms with Crippen LogP contribution in [0, 0.1) is 17.2 Å². The molecular formula is C21H24N4O4. The maximum Gasteiger partial charge on any atom is 0.358 e. The van der Waals surface area contributed by atoms with Crippen LogP contribution in [0.3, 0.4) is 0 Å². The number of esters is 1. The largest absolute Gasteiger partial charge is 0.493 e. The summed E-state index contributed by atoms with van der Waals surface area (Å²) in [6.07, 6.45) is 5.23. The molecule has 8 heteroatoms. The van der Waals surface area contributed by atoms with Gasteiger partial charge < -0.3 is 14.2 Å². The summed E-state index contributed by atoms with van der Waals surface area (Å²) >= 11 is 0. The first kappa shape index (κ1) is 20.6. The predicted octanol–water partition coefficient (Wildman–Crippen LogP) is 2.43. The second kappa shape index (κ2) is 9.85. The van der Waals surface area contributed by atoms with Crippen LogP contribution in [0.15, 0.2) is 30.6 Å². The van der Waals surface area contributed by atoms with Crippen molar-refractivity contribution in [1.82, 2.24) is 14.9 Å². The van der Waals surface area contributed by atoms with E-state index in [0.29, 0.717) is 36.1 Å². The quantitative estimate of drug-likeness (QED) is 0.658. The maximum atomic E-state index is 11.5. The Morgan fingerprint density at radius 2 is 2.14 bits per heavy atom. The standard InChI is InChI=1S/C21H24N4O4/c1-27-20-8-15(9-22)5-6-19(20)29-14-16-4-3-7-25(12-16)13-17-10-24-18(11-23-17)21(26)28-2/h5-6,8,10-11,16H,3-4,7,12-14H2,1-2H3. The SMILES string of the molecule is COC(=O)c1cnc(CN2CCCC(COc3ccc(C#N)cc3OC)C2)cn1. The molecule has 8 nitrogen and oxygen atoms in total.